The largest absolute Gasteiger partial charge is 0.294 e. The maximum absolute atomic E-state index is 13.3. The van der Waals surface area contributed by atoms with Gasteiger partial charge < -0.3 is 0 Å². The summed E-state index contributed by atoms with van der Waals surface area (Å²) in [5, 5.41) is 3.19. The molecule has 1 saturated carbocycles. The molecule has 0 saturated heterocycles. The second-order valence-corrected chi connectivity index (χ2v) is 8.41. The zero-order valence-electron chi connectivity index (χ0n) is 12.6. The maximum atomic E-state index is 13.3. The Morgan fingerprint density at radius 2 is 2.05 bits per heavy atom. The number of halogens is 1. The topological polar surface area (TPSA) is 17.1 Å². The van der Waals surface area contributed by atoms with Crippen LogP contribution in [0.5, 0.6) is 0 Å². The van der Waals surface area contributed by atoms with Gasteiger partial charge in [-0.1, -0.05) is 38.8 Å². The van der Waals surface area contributed by atoms with Crippen molar-refractivity contribution in [1.29, 1.82) is 0 Å². The van der Waals surface area contributed by atoms with Crippen molar-refractivity contribution in [1.82, 2.24) is 0 Å². The van der Waals surface area contributed by atoms with E-state index in [2.05, 4.69) is 41.2 Å². The van der Waals surface area contributed by atoms with Gasteiger partial charge in [0.2, 0.25) is 0 Å². The molecule has 0 bridgehead atoms. The fraction of sp³-hybridized carbons (Fsp3) is 0.500. The third kappa shape index (κ3) is 2.70. The molecule has 1 heterocycles. The zero-order chi connectivity index (χ0) is 15.0. The van der Waals surface area contributed by atoms with E-state index < -0.39 is 0 Å². The highest BCUT2D eigenvalue weighted by Gasteiger charge is 2.42. The van der Waals surface area contributed by atoms with E-state index in [-0.39, 0.29) is 5.41 Å². The van der Waals surface area contributed by atoms with Crippen LogP contribution >= 0.6 is 27.3 Å². The van der Waals surface area contributed by atoms with Crippen LogP contribution in [0.25, 0.3) is 10.1 Å². The van der Waals surface area contributed by atoms with E-state index in [1.165, 1.54) is 17.5 Å². The molecule has 1 aromatic carbocycles. The van der Waals surface area contributed by atoms with E-state index in [1.54, 1.807) is 11.3 Å². The fourth-order valence-corrected chi connectivity index (χ4v) is 5.44. The van der Waals surface area contributed by atoms with Crippen LogP contribution in [0.15, 0.2) is 28.1 Å². The lowest BCUT2D eigenvalue weighted by molar-refractivity contribution is 0.0762. The summed E-state index contributed by atoms with van der Waals surface area (Å²) in [7, 11) is 0. The summed E-state index contributed by atoms with van der Waals surface area (Å²) >= 11 is 5.27. The van der Waals surface area contributed by atoms with Gasteiger partial charge in [-0.05, 0) is 47.2 Å². The Bertz CT molecular complexity index is 665. The number of thiophene rings is 1. The fourth-order valence-electron chi connectivity index (χ4n) is 3.84. The summed E-state index contributed by atoms with van der Waals surface area (Å²) in [5.41, 5.74) is 0.837. The van der Waals surface area contributed by atoms with E-state index in [1.807, 2.05) is 12.1 Å². The summed E-state index contributed by atoms with van der Waals surface area (Å²) < 4.78 is 2.28. The Hall–Kier alpha value is -0.670. The van der Waals surface area contributed by atoms with Gasteiger partial charge in [0.15, 0.2) is 5.78 Å². The first-order valence-electron chi connectivity index (χ1n) is 7.74. The second kappa shape index (κ2) is 5.85. The standard InChI is InChI=1S/C18H21BrOS/c1-12(2)10-18(8-3-4-9-18)17(20)14-11-21-16-13(14)6-5-7-15(16)19/h5-7,11-12H,3-4,8-10H2,1-2H3. The first-order chi connectivity index (χ1) is 10.0. The Balaban J connectivity index is 2.04. The summed E-state index contributed by atoms with van der Waals surface area (Å²) in [6.07, 6.45) is 5.55. The van der Waals surface area contributed by atoms with Gasteiger partial charge in [0.25, 0.3) is 0 Å². The molecule has 2 aromatic rings. The van der Waals surface area contributed by atoms with Crippen molar-refractivity contribution in [3.8, 4) is 0 Å². The molecule has 0 radical (unpaired) electrons. The molecule has 1 aliphatic rings. The molecule has 0 aliphatic heterocycles. The number of rotatable bonds is 4. The van der Waals surface area contributed by atoms with Crippen LogP contribution in [-0.4, -0.2) is 5.78 Å². The quantitative estimate of drug-likeness (QED) is 0.569. The third-order valence-electron chi connectivity index (χ3n) is 4.64. The lowest BCUT2D eigenvalue weighted by Crippen LogP contribution is -2.29. The molecule has 0 spiro atoms. The van der Waals surface area contributed by atoms with Gasteiger partial charge in [-0.2, -0.15) is 0 Å². The van der Waals surface area contributed by atoms with E-state index >= 15 is 0 Å². The number of hydrogen-bond donors (Lipinski definition) is 0. The number of ketones is 1. The van der Waals surface area contributed by atoms with E-state index in [0.717, 1.165) is 34.7 Å². The Morgan fingerprint density at radius 1 is 1.33 bits per heavy atom. The predicted molar refractivity (Wildman–Crippen MR) is 94.2 cm³/mol. The second-order valence-electron chi connectivity index (χ2n) is 6.68. The molecule has 0 unspecified atom stereocenters. The highest BCUT2D eigenvalue weighted by atomic mass is 79.9. The van der Waals surface area contributed by atoms with Crippen LogP contribution in [0.4, 0.5) is 0 Å². The van der Waals surface area contributed by atoms with Crippen molar-refractivity contribution in [2.24, 2.45) is 11.3 Å². The molecule has 1 nitrogen and oxygen atoms in total. The van der Waals surface area contributed by atoms with Crippen molar-refractivity contribution >= 4 is 43.1 Å². The van der Waals surface area contributed by atoms with Gasteiger partial charge in [0, 0.05) is 30.9 Å². The smallest absolute Gasteiger partial charge is 0.170 e. The molecule has 0 N–H and O–H groups in total. The van der Waals surface area contributed by atoms with E-state index in [9.17, 15) is 4.79 Å². The maximum Gasteiger partial charge on any atom is 0.170 e. The molecular weight excluding hydrogens is 344 g/mol. The molecular formula is C18H21BrOS. The highest BCUT2D eigenvalue weighted by molar-refractivity contribution is 9.10. The lowest BCUT2D eigenvalue weighted by Gasteiger charge is -2.29. The summed E-state index contributed by atoms with van der Waals surface area (Å²) in [6.45, 7) is 4.46. The van der Waals surface area contributed by atoms with Crippen molar-refractivity contribution in [3.05, 3.63) is 33.6 Å². The van der Waals surface area contributed by atoms with Crippen LogP contribution in [0.3, 0.4) is 0 Å². The van der Waals surface area contributed by atoms with Crippen LogP contribution in [-0.2, 0) is 0 Å². The molecule has 3 rings (SSSR count). The number of carbonyl (C=O) groups is 1. The molecule has 3 heteroatoms. The Labute approximate surface area is 138 Å². The van der Waals surface area contributed by atoms with Crippen LogP contribution < -0.4 is 0 Å². The lowest BCUT2D eigenvalue weighted by atomic mass is 9.73. The van der Waals surface area contributed by atoms with Crippen LogP contribution in [0.1, 0.15) is 56.3 Å². The third-order valence-corrected chi connectivity index (χ3v) is 6.59. The van der Waals surface area contributed by atoms with Crippen LogP contribution in [0.2, 0.25) is 0 Å². The van der Waals surface area contributed by atoms with E-state index in [4.69, 9.17) is 0 Å². The number of carbonyl (C=O) groups excluding carboxylic acids is 1. The normalized spacial score (nSPS) is 17.7. The van der Waals surface area contributed by atoms with E-state index in [0.29, 0.717) is 11.7 Å². The molecule has 112 valence electrons. The summed E-state index contributed by atoms with van der Waals surface area (Å²) in [5.74, 6) is 0.960. The SMILES string of the molecule is CC(C)CC1(C(=O)c2csc3c(Br)cccc23)CCCC1. The molecule has 1 aromatic heterocycles. The summed E-state index contributed by atoms with van der Waals surface area (Å²) in [4.78, 5) is 13.3. The average molecular weight is 365 g/mol. The van der Waals surface area contributed by atoms with Crippen molar-refractivity contribution < 1.29 is 4.79 Å². The Morgan fingerprint density at radius 3 is 2.71 bits per heavy atom. The average Bonchev–Trinajstić information content (AvgIpc) is 3.05. The number of Topliss-reactive ketones (excluding diaryl/α,β-unsaturated/α-hetero) is 1. The van der Waals surface area contributed by atoms with Gasteiger partial charge in [0.05, 0.1) is 0 Å². The Kier molecular flexibility index (Phi) is 4.24. The van der Waals surface area contributed by atoms with Gasteiger partial charge >= 0.3 is 0 Å². The minimum atomic E-state index is -0.107. The first kappa shape index (κ1) is 15.2. The molecule has 21 heavy (non-hydrogen) atoms. The van der Waals surface area contributed by atoms with Crippen molar-refractivity contribution in [3.63, 3.8) is 0 Å². The van der Waals surface area contributed by atoms with Gasteiger partial charge in [0.1, 0.15) is 0 Å². The van der Waals surface area contributed by atoms with Crippen LogP contribution in [0, 0.1) is 11.3 Å². The number of fused-ring (bicyclic) bond motifs is 1. The molecule has 0 atom stereocenters. The van der Waals surface area contributed by atoms with Gasteiger partial charge in [-0.25, -0.2) is 0 Å². The minimum absolute atomic E-state index is 0.107. The first-order valence-corrected chi connectivity index (χ1v) is 9.41. The van der Waals surface area contributed by atoms with Crippen molar-refractivity contribution in [2.75, 3.05) is 0 Å². The van der Waals surface area contributed by atoms with Gasteiger partial charge in [-0.3, -0.25) is 4.79 Å². The zero-order valence-corrected chi connectivity index (χ0v) is 15.0. The minimum Gasteiger partial charge on any atom is -0.294 e. The van der Waals surface area contributed by atoms with Gasteiger partial charge in [-0.15, -0.1) is 11.3 Å². The monoisotopic (exact) mass is 364 g/mol. The van der Waals surface area contributed by atoms with Crippen molar-refractivity contribution in [2.45, 2.75) is 46.0 Å². The number of hydrogen-bond acceptors (Lipinski definition) is 2. The predicted octanol–water partition coefficient (Wildman–Crippen LogP) is 6.45. The molecule has 1 fully saturated rings. The molecule has 1 aliphatic carbocycles. The highest BCUT2D eigenvalue weighted by Crippen LogP contribution is 2.47. The molecule has 0 amide bonds. The number of benzene rings is 1. The summed E-state index contributed by atoms with van der Waals surface area (Å²) in [6, 6.07) is 6.16.